The van der Waals surface area contributed by atoms with E-state index in [1.807, 2.05) is 0 Å². The molecular formula is C21H17F7N4O4. The Kier molecular flexibility index (Phi) is 7.43. The number of nitrogens with zero attached hydrogens (tertiary/aromatic N) is 2. The van der Waals surface area contributed by atoms with Crippen LogP contribution in [-0.4, -0.2) is 46.8 Å². The Hall–Kier alpha value is -3.88. The summed E-state index contributed by atoms with van der Waals surface area (Å²) in [7, 11) is 1.48. The highest BCUT2D eigenvalue weighted by atomic mass is 19.4. The molecular weight excluding hydrogens is 505 g/mol. The Labute approximate surface area is 197 Å². The molecule has 0 bridgehead atoms. The smallest absolute Gasteiger partial charge is 0.483 e. The van der Waals surface area contributed by atoms with Crippen LogP contribution in [0.15, 0.2) is 36.4 Å². The van der Waals surface area contributed by atoms with Crippen molar-refractivity contribution in [3.63, 3.8) is 0 Å². The van der Waals surface area contributed by atoms with E-state index in [-0.39, 0.29) is 22.7 Å². The highest BCUT2D eigenvalue weighted by Gasteiger charge is 2.42. The number of alkyl halides is 6. The number of fused-ring (bicyclic) bond motifs is 1. The second kappa shape index (κ2) is 10.0. The van der Waals surface area contributed by atoms with Gasteiger partial charge in [-0.3, -0.25) is 15.2 Å². The number of amides is 1. The van der Waals surface area contributed by atoms with Gasteiger partial charge in [-0.15, -0.1) is 0 Å². The number of hydrogen-bond donors (Lipinski definition) is 2. The summed E-state index contributed by atoms with van der Waals surface area (Å²) in [4.78, 5) is 23.0. The van der Waals surface area contributed by atoms with E-state index in [2.05, 4.69) is 15.2 Å². The van der Waals surface area contributed by atoms with Gasteiger partial charge < -0.3 is 14.8 Å². The number of nitrogens with two attached hydrogens (primary N) is 1. The number of nitrogens with one attached hydrogen (secondary N) is 1. The van der Waals surface area contributed by atoms with Crippen molar-refractivity contribution in [3.05, 3.63) is 42.2 Å². The first-order valence-corrected chi connectivity index (χ1v) is 9.93. The van der Waals surface area contributed by atoms with E-state index in [1.54, 1.807) is 0 Å². The van der Waals surface area contributed by atoms with Gasteiger partial charge in [0.05, 0.1) is 11.9 Å². The molecule has 2 aromatic carbocycles. The van der Waals surface area contributed by atoms with Crippen molar-refractivity contribution in [1.82, 2.24) is 9.78 Å². The summed E-state index contributed by atoms with van der Waals surface area (Å²) in [6.45, 7) is -1.59. The molecule has 0 aliphatic carbocycles. The highest BCUT2D eigenvalue weighted by molar-refractivity contribution is 6.01. The molecule has 1 heterocycles. The fraction of sp³-hybridized carbons (Fsp3) is 0.286. The third-order valence-electron chi connectivity index (χ3n) is 4.63. The molecule has 0 fully saturated rings. The number of benzene rings is 2. The van der Waals surface area contributed by atoms with Crippen molar-refractivity contribution in [2.24, 2.45) is 12.8 Å². The largest absolute Gasteiger partial charge is 0.490 e. The van der Waals surface area contributed by atoms with Crippen molar-refractivity contribution < 1.29 is 49.8 Å². The number of halogens is 7. The van der Waals surface area contributed by atoms with Gasteiger partial charge in [-0.2, -0.15) is 31.4 Å². The van der Waals surface area contributed by atoms with E-state index in [1.165, 1.54) is 29.9 Å². The van der Waals surface area contributed by atoms with Crippen molar-refractivity contribution >= 4 is 28.6 Å². The van der Waals surface area contributed by atoms with Crippen LogP contribution in [0.3, 0.4) is 0 Å². The number of aryl methyl sites for hydroxylation is 1. The second-order valence-corrected chi connectivity index (χ2v) is 7.44. The number of ether oxygens (including phenoxy) is 2. The van der Waals surface area contributed by atoms with E-state index in [0.717, 1.165) is 18.2 Å². The zero-order valence-electron chi connectivity index (χ0n) is 18.2. The molecule has 194 valence electrons. The van der Waals surface area contributed by atoms with Gasteiger partial charge in [-0.25, -0.2) is 9.18 Å². The summed E-state index contributed by atoms with van der Waals surface area (Å²) in [5, 5.41) is 6.75. The van der Waals surface area contributed by atoms with Crippen molar-refractivity contribution in [1.29, 1.82) is 0 Å². The lowest BCUT2D eigenvalue weighted by Crippen LogP contribution is -2.37. The lowest BCUT2D eigenvalue weighted by molar-refractivity contribution is -0.204. The molecule has 0 radical (unpaired) electrons. The van der Waals surface area contributed by atoms with Gasteiger partial charge in [0.25, 0.3) is 0 Å². The van der Waals surface area contributed by atoms with Crippen LogP contribution in [0, 0.1) is 5.82 Å². The zero-order valence-corrected chi connectivity index (χ0v) is 18.2. The Balaban J connectivity index is 1.82. The van der Waals surface area contributed by atoms with Crippen molar-refractivity contribution in [3.8, 4) is 16.9 Å². The first-order chi connectivity index (χ1) is 16.6. The zero-order chi connectivity index (χ0) is 26.8. The quantitative estimate of drug-likeness (QED) is 0.276. The molecule has 1 aromatic heterocycles. The van der Waals surface area contributed by atoms with Crippen molar-refractivity contribution in [2.75, 3.05) is 11.9 Å². The lowest BCUT2D eigenvalue weighted by atomic mass is 10.0. The molecule has 8 nitrogen and oxygen atoms in total. The van der Waals surface area contributed by atoms with Crippen LogP contribution < -0.4 is 15.8 Å². The third kappa shape index (κ3) is 6.62. The first kappa shape index (κ1) is 26.7. The summed E-state index contributed by atoms with van der Waals surface area (Å²) in [6.07, 6.45) is -12.6. The third-order valence-corrected chi connectivity index (χ3v) is 4.63. The number of rotatable bonds is 7. The van der Waals surface area contributed by atoms with E-state index >= 15 is 0 Å². The summed E-state index contributed by atoms with van der Waals surface area (Å²) >= 11 is 0. The standard InChI is InChI=1S/C21H17F7N4O4/c1-32-14-6-10(13-7-11(22)3-5-15(13)35-9-20(23,24)25)2-4-12(14)18(31-32)30-17(33)8-16(29)36-19(34)21(26,27)28/h2-7,16H,8-9,29H2,1H3,(H,30,31,33). The molecule has 0 saturated carbocycles. The molecule has 3 rings (SSSR count). The van der Waals surface area contributed by atoms with Gasteiger partial charge in [0, 0.05) is 18.0 Å². The molecule has 0 aliphatic rings. The van der Waals surface area contributed by atoms with E-state index in [9.17, 15) is 40.3 Å². The number of anilines is 1. The minimum Gasteiger partial charge on any atom is -0.483 e. The molecule has 1 unspecified atom stereocenters. The predicted molar refractivity (Wildman–Crippen MR) is 111 cm³/mol. The topological polar surface area (TPSA) is 108 Å². The lowest BCUT2D eigenvalue weighted by Gasteiger charge is -2.14. The second-order valence-electron chi connectivity index (χ2n) is 7.44. The van der Waals surface area contributed by atoms with Crippen LogP contribution in [-0.2, 0) is 21.4 Å². The highest BCUT2D eigenvalue weighted by Crippen LogP contribution is 2.35. The number of carbonyl (C=O) groups is 2. The fourth-order valence-corrected chi connectivity index (χ4v) is 3.14. The Morgan fingerprint density at radius 3 is 2.44 bits per heavy atom. The van der Waals surface area contributed by atoms with Gasteiger partial charge in [0.1, 0.15) is 11.6 Å². The van der Waals surface area contributed by atoms with Crippen LogP contribution in [0.2, 0.25) is 0 Å². The first-order valence-electron chi connectivity index (χ1n) is 9.93. The predicted octanol–water partition coefficient (Wildman–Crippen LogP) is 4.04. The molecule has 0 aliphatic heterocycles. The van der Waals surface area contributed by atoms with Crippen LogP contribution in [0.25, 0.3) is 22.0 Å². The average Bonchev–Trinajstić information content (AvgIpc) is 3.05. The molecule has 15 heteroatoms. The van der Waals surface area contributed by atoms with Gasteiger partial charge in [0.2, 0.25) is 5.91 Å². The fourth-order valence-electron chi connectivity index (χ4n) is 3.14. The van der Waals surface area contributed by atoms with Gasteiger partial charge >= 0.3 is 18.3 Å². The maximum atomic E-state index is 13.8. The Morgan fingerprint density at radius 2 is 1.81 bits per heavy atom. The van der Waals surface area contributed by atoms with Crippen LogP contribution >= 0.6 is 0 Å². The summed E-state index contributed by atoms with van der Waals surface area (Å²) in [5.41, 5.74) is 5.94. The minimum absolute atomic E-state index is 0.0221. The molecule has 0 spiro atoms. The van der Waals surface area contributed by atoms with E-state index < -0.39 is 49.3 Å². The van der Waals surface area contributed by atoms with Gasteiger partial charge in [-0.1, -0.05) is 6.07 Å². The van der Waals surface area contributed by atoms with Gasteiger partial charge in [0.15, 0.2) is 18.7 Å². The summed E-state index contributed by atoms with van der Waals surface area (Å²) in [6, 6.07) is 7.33. The number of esters is 1. The SMILES string of the molecule is Cn1nc(NC(=O)CC(N)OC(=O)C(F)(F)F)c2ccc(-c3cc(F)ccc3OCC(F)(F)F)cc21. The average molecular weight is 522 g/mol. The molecule has 0 saturated heterocycles. The normalized spacial score (nSPS) is 12.9. The Bertz CT molecular complexity index is 1290. The van der Waals surface area contributed by atoms with Gasteiger partial charge in [-0.05, 0) is 35.9 Å². The molecule has 3 N–H and O–H groups in total. The maximum absolute atomic E-state index is 13.8. The Morgan fingerprint density at radius 1 is 1.11 bits per heavy atom. The molecule has 3 aromatic rings. The van der Waals surface area contributed by atoms with E-state index in [4.69, 9.17) is 10.5 Å². The van der Waals surface area contributed by atoms with Crippen molar-refractivity contribution in [2.45, 2.75) is 25.0 Å². The summed E-state index contributed by atoms with van der Waals surface area (Å²) < 4.78 is 98.4. The monoisotopic (exact) mass is 522 g/mol. The van der Waals surface area contributed by atoms with Crippen LogP contribution in [0.1, 0.15) is 6.42 Å². The van der Waals surface area contributed by atoms with E-state index in [0.29, 0.717) is 10.9 Å². The van der Waals surface area contributed by atoms with Crippen LogP contribution in [0.4, 0.5) is 36.6 Å². The molecule has 1 amide bonds. The summed E-state index contributed by atoms with van der Waals surface area (Å²) in [5.74, 6) is -4.41. The van der Waals surface area contributed by atoms with Crippen LogP contribution in [0.5, 0.6) is 5.75 Å². The maximum Gasteiger partial charge on any atom is 0.490 e. The number of carbonyl (C=O) groups excluding carboxylic acids is 2. The number of hydrogen-bond acceptors (Lipinski definition) is 6. The molecule has 36 heavy (non-hydrogen) atoms. The molecule has 1 atom stereocenters. The minimum atomic E-state index is -5.28. The number of aromatic nitrogens is 2.